The van der Waals surface area contributed by atoms with Gasteiger partial charge in [-0.15, -0.1) is 0 Å². The number of rotatable bonds is 19. The maximum atomic E-state index is 13.4. The number of nitrogen functional groups attached to an aromatic ring is 1. The zero-order valence-electron chi connectivity index (χ0n) is 42.7. The Labute approximate surface area is 414 Å². The molecule has 0 spiro atoms. The summed E-state index contributed by atoms with van der Waals surface area (Å²) >= 11 is 0. The molecular formula is C48H74N12O11. The van der Waals surface area contributed by atoms with Crippen LogP contribution in [0.5, 0.6) is 0 Å². The molecule has 1 aromatic carbocycles. The van der Waals surface area contributed by atoms with Gasteiger partial charge >= 0.3 is 23.9 Å². The fourth-order valence-electron chi connectivity index (χ4n) is 7.33. The van der Waals surface area contributed by atoms with E-state index in [1.54, 1.807) is 86.6 Å². The van der Waals surface area contributed by atoms with Crippen LogP contribution >= 0.6 is 0 Å². The summed E-state index contributed by atoms with van der Waals surface area (Å²) in [5, 5.41) is 18.6. The number of carbonyl (C=O) groups excluding carboxylic acids is 5. The van der Waals surface area contributed by atoms with Gasteiger partial charge in [-0.05, 0) is 106 Å². The van der Waals surface area contributed by atoms with Crippen molar-refractivity contribution in [3.05, 3.63) is 52.1 Å². The van der Waals surface area contributed by atoms with Crippen LogP contribution in [0.2, 0.25) is 0 Å². The lowest BCUT2D eigenvalue weighted by Gasteiger charge is -2.34. The minimum Gasteiger partial charge on any atom is -0.480 e. The van der Waals surface area contributed by atoms with Gasteiger partial charge < -0.3 is 41.0 Å². The molecule has 1 aliphatic rings. The number of ether oxygens (including phenoxy) is 3. The number of amides is 2. The van der Waals surface area contributed by atoms with E-state index >= 15 is 0 Å². The van der Waals surface area contributed by atoms with Crippen LogP contribution in [0.3, 0.4) is 0 Å². The van der Waals surface area contributed by atoms with Crippen molar-refractivity contribution in [1.82, 2.24) is 50.2 Å². The van der Waals surface area contributed by atoms with Crippen molar-refractivity contribution in [2.24, 2.45) is 0 Å². The van der Waals surface area contributed by atoms with Gasteiger partial charge in [0.1, 0.15) is 22.8 Å². The van der Waals surface area contributed by atoms with E-state index in [2.05, 4.69) is 35.9 Å². The summed E-state index contributed by atoms with van der Waals surface area (Å²) in [6, 6.07) is 5.23. The van der Waals surface area contributed by atoms with Gasteiger partial charge in [0.25, 0.3) is 11.5 Å². The molecular weight excluding hydrogens is 921 g/mol. The normalized spacial score (nSPS) is 15.7. The molecule has 1 aliphatic heterocycles. The quantitative estimate of drug-likeness (QED) is 0.0565. The summed E-state index contributed by atoms with van der Waals surface area (Å²) in [7, 11) is 0. The highest BCUT2D eigenvalue weighted by Crippen LogP contribution is 2.15. The Bertz CT molecular complexity index is 2300. The Balaban J connectivity index is 1.32. The van der Waals surface area contributed by atoms with Crippen LogP contribution in [0.4, 0.5) is 11.6 Å². The summed E-state index contributed by atoms with van der Waals surface area (Å²) in [6.07, 6.45) is 2.42. The highest BCUT2D eigenvalue weighted by atomic mass is 16.6. The number of nitrogens with one attached hydrogen (secondary N) is 4. The van der Waals surface area contributed by atoms with E-state index in [9.17, 15) is 38.7 Å². The molecule has 4 rings (SSSR count). The molecule has 71 heavy (non-hydrogen) atoms. The van der Waals surface area contributed by atoms with E-state index < -0.39 is 52.2 Å². The van der Waals surface area contributed by atoms with Crippen LogP contribution in [0.25, 0.3) is 11.2 Å². The summed E-state index contributed by atoms with van der Waals surface area (Å²) in [5.74, 6) is -3.28. The molecule has 392 valence electrons. The van der Waals surface area contributed by atoms with Gasteiger partial charge in [0.2, 0.25) is 11.9 Å². The number of nitrogens with zero attached hydrogens (tertiary/aromatic N) is 7. The third kappa shape index (κ3) is 22.1. The number of fused-ring (bicyclic) bond motifs is 1. The number of benzene rings is 1. The van der Waals surface area contributed by atoms with Crippen LogP contribution < -0.4 is 27.2 Å². The lowest BCUT2D eigenvalue weighted by atomic mass is 10.1. The van der Waals surface area contributed by atoms with E-state index in [1.165, 1.54) is 6.20 Å². The number of esters is 3. The maximum Gasteiger partial charge on any atom is 0.326 e. The van der Waals surface area contributed by atoms with Crippen molar-refractivity contribution >= 4 is 58.5 Å². The Kier molecular flexibility index (Phi) is 21.2. The van der Waals surface area contributed by atoms with Crippen molar-refractivity contribution in [3.63, 3.8) is 0 Å². The number of aromatic nitrogens is 4. The van der Waals surface area contributed by atoms with E-state index in [0.717, 1.165) is 0 Å². The Morgan fingerprint density at radius 2 is 1.17 bits per heavy atom. The number of carboxylic acid groups (broad SMARTS) is 1. The lowest BCUT2D eigenvalue weighted by Crippen LogP contribution is -2.50. The summed E-state index contributed by atoms with van der Waals surface area (Å²) in [4.78, 5) is 113. The summed E-state index contributed by atoms with van der Waals surface area (Å²) in [6.45, 7) is 19.9. The molecule has 2 aromatic heterocycles. The minimum atomic E-state index is -1.19. The van der Waals surface area contributed by atoms with Gasteiger partial charge in [0, 0.05) is 70.2 Å². The first-order chi connectivity index (χ1) is 33.2. The van der Waals surface area contributed by atoms with Gasteiger partial charge in [-0.1, -0.05) is 0 Å². The number of hydrogen-bond acceptors (Lipinski definition) is 19. The zero-order valence-corrected chi connectivity index (χ0v) is 42.7. The number of aromatic amines is 1. The first-order valence-corrected chi connectivity index (χ1v) is 23.9. The molecule has 0 saturated carbocycles. The molecule has 23 heteroatoms. The van der Waals surface area contributed by atoms with E-state index in [4.69, 9.17) is 19.9 Å². The first kappa shape index (κ1) is 57.3. The van der Waals surface area contributed by atoms with Crippen LogP contribution in [0, 0.1) is 0 Å². The van der Waals surface area contributed by atoms with Crippen LogP contribution in [0.15, 0.2) is 35.3 Å². The van der Waals surface area contributed by atoms with Crippen LogP contribution in [-0.2, 0) is 44.7 Å². The highest BCUT2D eigenvalue weighted by molar-refractivity contribution is 5.96. The summed E-state index contributed by atoms with van der Waals surface area (Å²) in [5.41, 5.74) is 4.52. The van der Waals surface area contributed by atoms with Gasteiger partial charge in [-0.2, -0.15) is 4.98 Å². The van der Waals surface area contributed by atoms with E-state index in [-0.39, 0.29) is 80.2 Å². The zero-order chi connectivity index (χ0) is 52.5. The average Bonchev–Trinajstić information content (AvgIpc) is 3.24. The Morgan fingerprint density at radius 1 is 0.704 bits per heavy atom. The molecule has 2 amide bonds. The fraction of sp³-hybridized carbons (Fsp3) is 0.625. The topological polar surface area (TPSA) is 297 Å². The molecule has 1 atom stereocenters. The summed E-state index contributed by atoms with van der Waals surface area (Å²) < 4.78 is 16.9. The first-order valence-electron chi connectivity index (χ1n) is 23.9. The molecule has 1 unspecified atom stereocenters. The van der Waals surface area contributed by atoms with E-state index in [1.807, 2.05) is 19.6 Å². The molecule has 3 aromatic rings. The number of unbranched alkanes of at least 4 members (excludes halogenated alkanes) is 1. The smallest absolute Gasteiger partial charge is 0.326 e. The van der Waals surface area contributed by atoms with Crippen molar-refractivity contribution in [2.75, 3.05) is 96.1 Å². The largest absolute Gasteiger partial charge is 0.480 e. The van der Waals surface area contributed by atoms with Crippen molar-refractivity contribution in [2.45, 2.75) is 111 Å². The van der Waals surface area contributed by atoms with Gasteiger partial charge in [0.15, 0.2) is 11.2 Å². The third-order valence-electron chi connectivity index (χ3n) is 10.6. The van der Waals surface area contributed by atoms with Crippen molar-refractivity contribution in [3.8, 4) is 0 Å². The molecule has 7 N–H and O–H groups in total. The Hall–Kier alpha value is -6.30. The second-order valence-corrected chi connectivity index (χ2v) is 20.5. The minimum absolute atomic E-state index is 0.00504. The molecule has 1 saturated heterocycles. The average molecular weight is 995 g/mol. The number of anilines is 2. The lowest BCUT2D eigenvalue weighted by molar-refractivity contribution is -0.158. The number of carbonyl (C=O) groups is 6. The van der Waals surface area contributed by atoms with Crippen molar-refractivity contribution in [1.29, 1.82) is 0 Å². The molecule has 0 radical (unpaired) electrons. The van der Waals surface area contributed by atoms with Crippen molar-refractivity contribution < 1.29 is 48.1 Å². The number of carboxylic acids is 1. The molecule has 23 nitrogen and oxygen atoms in total. The van der Waals surface area contributed by atoms with Gasteiger partial charge in [0.05, 0.1) is 44.6 Å². The molecule has 1 fully saturated rings. The monoisotopic (exact) mass is 995 g/mol. The molecule has 0 aliphatic carbocycles. The highest BCUT2D eigenvalue weighted by Gasteiger charge is 2.27. The maximum absolute atomic E-state index is 13.4. The molecule has 3 heterocycles. The Morgan fingerprint density at radius 3 is 1.62 bits per heavy atom. The predicted molar refractivity (Wildman–Crippen MR) is 265 cm³/mol. The number of aliphatic carboxylic acids is 1. The standard InChI is InChI=1S/C48H74N12O11/c1-46(2,3)69-37(62)29-58-20-18-57(19-21-59(30-38(63)70-47(4,5)6)23-25-60(24-22-58)31-39(64)71-48(7,8)9)28-36(61)50-17-11-10-12-35(44(67)68)54-42(65)32-13-15-33(16-14-32)51-26-34-27-52-41-40(53-34)43(66)56-45(49)55-41/h13-16,27,35,51H,10-12,17-26,28-31H2,1-9H3,(H,50,61)(H,54,65)(H,67,68)(H3,49,52,55,56,66). The van der Waals surface area contributed by atoms with Crippen LogP contribution in [-0.4, -0.2) is 188 Å². The van der Waals surface area contributed by atoms with Crippen LogP contribution in [0.1, 0.15) is 97.6 Å². The van der Waals surface area contributed by atoms with Gasteiger partial charge in [-0.3, -0.25) is 53.4 Å². The molecule has 0 bridgehead atoms. The van der Waals surface area contributed by atoms with Gasteiger partial charge in [-0.25, -0.2) is 14.8 Å². The second-order valence-electron chi connectivity index (χ2n) is 20.5. The SMILES string of the molecule is CC(C)(C)OC(=O)CN1CCN(CC(=O)NCCCCC(NC(=O)c2ccc(NCc3cnc4nc(N)[nH]c(=O)c4n3)cc2)C(=O)O)CCN(CC(=O)OC(C)(C)C)CCN(CC(=O)OC(C)(C)C)CC1. The number of nitrogens with two attached hydrogens (primary N) is 1. The second kappa shape index (κ2) is 26.2. The number of H-pyrrole nitrogens is 1. The third-order valence-corrected chi connectivity index (χ3v) is 10.6. The predicted octanol–water partition coefficient (Wildman–Crippen LogP) is 1.62. The fourth-order valence-corrected chi connectivity index (χ4v) is 7.33. The van der Waals surface area contributed by atoms with E-state index in [0.29, 0.717) is 76.6 Å². The number of hydrogen-bond donors (Lipinski definition) is 6.